The molecule has 0 aromatic carbocycles. The minimum atomic E-state index is -0.748. The highest BCUT2D eigenvalue weighted by molar-refractivity contribution is 5.20. The molecule has 1 saturated heterocycles. The first-order chi connectivity index (χ1) is 10.7. The molecular weight excluding hydrogens is 276 g/mol. The molecule has 3 nitrogen and oxygen atoms in total. The maximum Gasteiger partial charge on any atom is 0.158 e. The van der Waals surface area contributed by atoms with Gasteiger partial charge in [0.05, 0.1) is 0 Å². The highest BCUT2D eigenvalue weighted by Crippen LogP contribution is 2.41. The summed E-state index contributed by atoms with van der Waals surface area (Å²) in [4.78, 5) is 0. The van der Waals surface area contributed by atoms with Gasteiger partial charge in [0, 0.05) is 6.61 Å². The zero-order chi connectivity index (χ0) is 15.7. The first-order valence-electron chi connectivity index (χ1n) is 9.20. The molecule has 0 spiro atoms. The molecular formula is C19H32O3. The molecule has 1 aliphatic heterocycles. The van der Waals surface area contributed by atoms with Crippen LogP contribution in [-0.2, 0) is 9.47 Å². The van der Waals surface area contributed by atoms with Gasteiger partial charge in [-0.05, 0) is 44.4 Å². The normalized spacial score (nSPS) is 31.2. The SMILES string of the molecule is CCCCCCC[C@@H]1CC[C@@]1(O)C#CCOC1CCCCO1. The maximum absolute atomic E-state index is 10.5. The van der Waals surface area contributed by atoms with E-state index in [-0.39, 0.29) is 6.29 Å². The van der Waals surface area contributed by atoms with Crippen molar-refractivity contribution in [2.45, 2.75) is 89.4 Å². The van der Waals surface area contributed by atoms with Crippen molar-refractivity contribution < 1.29 is 14.6 Å². The Bertz CT molecular complexity index is 365. The monoisotopic (exact) mass is 308 g/mol. The van der Waals surface area contributed by atoms with Crippen LogP contribution < -0.4 is 0 Å². The summed E-state index contributed by atoms with van der Waals surface area (Å²) in [5.41, 5.74) is -0.748. The third-order valence-corrected chi connectivity index (χ3v) is 4.99. The van der Waals surface area contributed by atoms with Crippen molar-refractivity contribution in [2.24, 2.45) is 5.92 Å². The lowest BCUT2D eigenvalue weighted by Crippen LogP contribution is -2.45. The Morgan fingerprint density at radius 1 is 1.18 bits per heavy atom. The minimum absolute atomic E-state index is 0.0894. The van der Waals surface area contributed by atoms with E-state index < -0.39 is 5.60 Å². The van der Waals surface area contributed by atoms with Gasteiger partial charge in [0.25, 0.3) is 0 Å². The Morgan fingerprint density at radius 3 is 2.73 bits per heavy atom. The van der Waals surface area contributed by atoms with Crippen LogP contribution in [0, 0.1) is 17.8 Å². The summed E-state index contributed by atoms with van der Waals surface area (Å²) in [6, 6.07) is 0. The van der Waals surface area contributed by atoms with E-state index in [9.17, 15) is 5.11 Å². The molecule has 0 aromatic heterocycles. The van der Waals surface area contributed by atoms with E-state index in [1.165, 1.54) is 38.5 Å². The number of unbranched alkanes of at least 4 members (excludes halogenated alkanes) is 4. The van der Waals surface area contributed by atoms with E-state index in [0.29, 0.717) is 12.5 Å². The van der Waals surface area contributed by atoms with Crippen molar-refractivity contribution in [1.29, 1.82) is 0 Å². The number of hydrogen-bond acceptors (Lipinski definition) is 3. The van der Waals surface area contributed by atoms with E-state index >= 15 is 0 Å². The van der Waals surface area contributed by atoms with Crippen LogP contribution in [0.1, 0.15) is 77.6 Å². The summed E-state index contributed by atoms with van der Waals surface area (Å²) in [5.74, 6) is 6.44. The Morgan fingerprint density at radius 2 is 2.05 bits per heavy atom. The minimum Gasteiger partial charge on any atom is -0.377 e. The Kier molecular flexibility index (Phi) is 7.72. The molecule has 0 bridgehead atoms. The van der Waals surface area contributed by atoms with E-state index in [1.54, 1.807) is 0 Å². The first-order valence-corrected chi connectivity index (χ1v) is 9.20. The Labute approximate surface area is 135 Å². The number of rotatable bonds is 8. The molecule has 22 heavy (non-hydrogen) atoms. The van der Waals surface area contributed by atoms with E-state index in [0.717, 1.165) is 38.7 Å². The number of aliphatic hydroxyl groups is 1. The summed E-state index contributed by atoms with van der Waals surface area (Å²) in [6.45, 7) is 3.40. The summed E-state index contributed by atoms with van der Waals surface area (Å²) in [6.07, 6.45) is 12.7. The first kappa shape index (κ1) is 17.8. The van der Waals surface area contributed by atoms with Crippen molar-refractivity contribution in [2.75, 3.05) is 13.2 Å². The van der Waals surface area contributed by atoms with Gasteiger partial charge in [0.2, 0.25) is 0 Å². The molecule has 126 valence electrons. The van der Waals surface area contributed by atoms with Gasteiger partial charge in [0.15, 0.2) is 6.29 Å². The van der Waals surface area contributed by atoms with Gasteiger partial charge < -0.3 is 14.6 Å². The third-order valence-electron chi connectivity index (χ3n) is 4.99. The smallest absolute Gasteiger partial charge is 0.158 e. The zero-order valence-electron chi connectivity index (χ0n) is 14.1. The van der Waals surface area contributed by atoms with Gasteiger partial charge in [-0.25, -0.2) is 0 Å². The summed E-state index contributed by atoms with van der Waals surface area (Å²) in [5, 5.41) is 10.5. The predicted molar refractivity (Wildman–Crippen MR) is 88.4 cm³/mol. The van der Waals surface area contributed by atoms with Crippen molar-refractivity contribution in [3.63, 3.8) is 0 Å². The van der Waals surface area contributed by atoms with Crippen LogP contribution >= 0.6 is 0 Å². The number of ether oxygens (including phenoxy) is 2. The Balaban J connectivity index is 1.62. The zero-order valence-corrected chi connectivity index (χ0v) is 14.1. The fraction of sp³-hybridized carbons (Fsp3) is 0.895. The molecule has 1 unspecified atom stereocenters. The highest BCUT2D eigenvalue weighted by Gasteiger charge is 2.43. The number of hydrogen-bond donors (Lipinski definition) is 1. The van der Waals surface area contributed by atoms with Gasteiger partial charge in [-0.15, -0.1) is 0 Å². The average molecular weight is 308 g/mol. The molecule has 1 saturated carbocycles. The second-order valence-corrected chi connectivity index (χ2v) is 6.77. The van der Waals surface area contributed by atoms with E-state index in [1.807, 2.05) is 0 Å². The van der Waals surface area contributed by atoms with Crippen LogP contribution in [-0.4, -0.2) is 30.2 Å². The molecule has 0 aromatic rings. The molecule has 1 N–H and O–H groups in total. The van der Waals surface area contributed by atoms with Gasteiger partial charge in [-0.2, -0.15) is 0 Å². The second kappa shape index (κ2) is 9.55. The molecule has 1 heterocycles. The molecule has 2 fully saturated rings. The predicted octanol–water partition coefficient (Wildman–Crippen LogP) is 4.03. The van der Waals surface area contributed by atoms with Crippen molar-refractivity contribution in [3.8, 4) is 11.8 Å². The van der Waals surface area contributed by atoms with Crippen molar-refractivity contribution in [1.82, 2.24) is 0 Å². The van der Waals surface area contributed by atoms with Gasteiger partial charge in [0.1, 0.15) is 12.2 Å². The van der Waals surface area contributed by atoms with Crippen LogP contribution in [0.4, 0.5) is 0 Å². The summed E-state index contributed by atoms with van der Waals surface area (Å²) in [7, 11) is 0. The lowest BCUT2D eigenvalue weighted by molar-refractivity contribution is -0.154. The fourth-order valence-corrected chi connectivity index (χ4v) is 3.33. The lowest BCUT2D eigenvalue weighted by atomic mass is 9.67. The molecule has 1 aliphatic carbocycles. The molecule has 0 radical (unpaired) electrons. The van der Waals surface area contributed by atoms with Gasteiger partial charge in [-0.3, -0.25) is 0 Å². The van der Waals surface area contributed by atoms with E-state index in [4.69, 9.17) is 9.47 Å². The average Bonchev–Trinajstić information content (AvgIpc) is 2.54. The summed E-state index contributed by atoms with van der Waals surface area (Å²) < 4.78 is 11.1. The van der Waals surface area contributed by atoms with Crippen LogP contribution in [0.25, 0.3) is 0 Å². The standard InChI is InChI=1S/C19H32O3/c1-2-3-4-5-6-10-17-12-14-19(17,20)13-9-16-22-18-11-7-8-15-21-18/h17-18,20H,2-8,10-12,14-16H2,1H3/t17-,18?,19+/m1/s1. The highest BCUT2D eigenvalue weighted by atomic mass is 16.7. The molecule has 2 rings (SSSR count). The maximum atomic E-state index is 10.5. The molecule has 2 aliphatic rings. The quantitative estimate of drug-likeness (QED) is 0.543. The molecule has 0 amide bonds. The lowest BCUT2D eigenvalue weighted by Gasteiger charge is -2.41. The van der Waals surface area contributed by atoms with Gasteiger partial charge >= 0.3 is 0 Å². The van der Waals surface area contributed by atoms with Crippen LogP contribution in [0.15, 0.2) is 0 Å². The van der Waals surface area contributed by atoms with Crippen molar-refractivity contribution in [3.05, 3.63) is 0 Å². The topological polar surface area (TPSA) is 38.7 Å². The molecule has 3 heteroatoms. The summed E-state index contributed by atoms with van der Waals surface area (Å²) >= 11 is 0. The van der Waals surface area contributed by atoms with Crippen LogP contribution in [0.3, 0.4) is 0 Å². The van der Waals surface area contributed by atoms with Crippen molar-refractivity contribution >= 4 is 0 Å². The Hall–Kier alpha value is -0.560. The third kappa shape index (κ3) is 5.57. The largest absolute Gasteiger partial charge is 0.377 e. The van der Waals surface area contributed by atoms with Crippen LogP contribution in [0.2, 0.25) is 0 Å². The molecule has 3 atom stereocenters. The second-order valence-electron chi connectivity index (χ2n) is 6.77. The van der Waals surface area contributed by atoms with Gasteiger partial charge in [-0.1, -0.05) is 50.9 Å². The van der Waals surface area contributed by atoms with E-state index in [2.05, 4.69) is 18.8 Å². The fourth-order valence-electron chi connectivity index (χ4n) is 3.33. The van der Waals surface area contributed by atoms with Crippen LogP contribution in [0.5, 0.6) is 0 Å².